The van der Waals surface area contributed by atoms with E-state index in [2.05, 4.69) is 34.2 Å². The molecule has 2 aliphatic rings. The first-order chi connectivity index (χ1) is 38.7. The highest BCUT2D eigenvalue weighted by Gasteiger charge is 2.51. The lowest BCUT2D eigenvalue weighted by atomic mass is 10.1. The van der Waals surface area contributed by atoms with Crippen LogP contribution < -0.4 is 22.5 Å². The third-order valence-electron chi connectivity index (χ3n) is 11.8. The maximum absolute atomic E-state index is 13.7. The standard InChI is InChI=1S/C29H46N6O10P2.C20H29N4O9P/c1-21(2)35(22(3)4)46(41-14-11-30-6)45-25-24(10-19-47(38,42-15-12-31-7)43-16-13-32-8)44-28(26(25)40-18-17-39-9)34-20-23(5)27(36)33-29(34)37;1-14-13-24(20(27)23-18(14)26)19-17(30-11-10-29-4)16(25)15(33-19)5-12-34(28,31-8-6-21-2)32-9-7-22-3/h20-22,24-26,28H,10-19H2,1-5,9H3,(H,33,36,37);13,15-17,19,25H,5-12H2,1,4H3,(H,23,26,27)/t24-,25-,26-,28-,46?;15-,16-,17-,19-/m11/s1. The first-order valence-corrected chi connectivity index (χ1v) is 30.4. The van der Waals surface area contributed by atoms with Crippen LogP contribution in [0.1, 0.15) is 64.1 Å². The van der Waals surface area contributed by atoms with Crippen LogP contribution in [0.2, 0.25) is 0 Å². The van der Waals surface area contributed by atoms with Gasteiger partial charge in [-0.25, -0.2) is 47.1 Å². The highest BCUT2D eigenvalue weighted by atomic mass is 31.2. The highest BCUT2D eigenvalue weighted by Crippen LogP contribution is 2.54. The Bertz CT molecular complexity index is 2760. The number of aryl methyl sites for hydroxylation is 2. The monoisotopic (exact) mass is 1200 g/mol. The van der Waals surface area contributed by atoms with Gasteiger partial charge in [0.2, 0.25) is 32.7 Å². The van der Waals surface area contributed by atoms with Crippen molar-refractivity contribution in [3.63, 3.8) is 0 Å². The average Bonchev–Trinajstić information content (AvgIpc) is 3.98. The molecule has 2 aromatic rings. The average molecular weight is 1200 g/mol. The second-order valence-electron chi connectivity index (χ2n) is 18.4. The molecule has 0 radical (unpaired) electrons. The van der Waals surface area contributed by atoms with Crippen LogP contribution in [0.25, 0.3) is 24.2 Å². The molecule has 0 saturated carbocycles. The largest absolute Gasteiger partial charge is 0.388 e. The molecule has 9 atom stereocenters. The number of rotatable bonds is 36. The zero-order chi connectivity index (χ0) is 60.1. The fourth-order valence-electron chi connectivity index (χ4n) is 8.11. The second kappa shape index (κ2) is 36.7. The normalized spacial score (nSPS) is 21.2. The van der Waals surface area contributed by atoms with Crippen LogP contribution in [0.4, 0.5) is 0 Å². The number of aliphatic hydroxyl groups excluding tert-OH is 1. The van der Waals surface area contributed by atoms with Gasteiger partial charge in [0, 0.05) is 49.8 Å². The lowest BCUT2D eigenvalue weighted by Gasteiger charge is -2.38. The molecule has 81 heavy (non-hydrogen) atoms. The minimum absolute atomic E-state index is 0.00924. The molecule has 0 spiro atoms. The van der Waals surface area contributed by atoms with Gasteiger partial charge in [-0.1, -0.05) is 0 Å². The van der Waals surface area contributed by atoms with Crippen molar-refractivity contribution in [2.75, 3.05) is 119 Å². The zero-order valence-corrected chi connectivity index (χ0v) is 49.6. The molecule has 0 bridgehead atoms. The topological polar surface area (TPSA) is 300 Å². The number of aromatic amines is 2. The summed E-state index contributed by atoms with van der Waals surface area (Å²) in [6.45, 7) is 46.4. The van der Waals surface area contributed by atoms with E-state index in [0.717, 1.165) is 4.57 Å². The summed E-state index contributed by atoms with van der Waals surface area (Å²) in [5.74, 6) is 0. The zero-order valence-electron chi connectivity index (χ0n) is 46.9. The van der Waals surface area contributed by atoms with Crippen LogP contribution in [-0.4, -0.2) is 196 Å². The van der Waals surface area contributed by atoms with E-state index in [1.165, 1.54) is 38.1 Å². The van der Waals surface area contributed by atoms with Crippen molar-refractivity contribution in [1.82, 2.24) is 23.8 Å². The van der Waals surface area contributed by atoms with Gasteiger partial charge in [-0.15, -0.1) is 0 Å². The summed E-state index contributed by atoms with van der Waals surface area (Å²) in [5, 5.41) is 10.9. The number of hydrogen-bond donors (Lipinski definition) is 3. The molecule has 4 rings (SSSR count). The summed E-state index contributed by atoms with van der Waals surface area (Å²) in [4.78, 5) is 70.1. The Hall–Kier alpha value is -4.86. The summed E-state index contributed by atoms with van der Waals surface area (Å²) in [5.41, 5.74) is -2.00. The molecule has 3 N–H and O–H groups in total. The van der Waals surface area contributed by atoms with Crippen LogP contribution >= 0.6 is 23.7 Å². The van der Waals surface area contributed by atoms with Crippen LogP contribution in [-0.2, 0) is 64.7 Å². The molecular weight excluding hydrogens is 1130 g/mol. The Morgan fingerprint density at radius 2 is 0.988 bits per heavy atom. The quantitative estimate of drug-likeness (QED) is 0.0481. The van der Waals surface area contributed by atoms with Crippen molar-refractivity contribution in [3.8, 4) is 0 Å². The maximum Gasteiger partial charge on any atom is 0.331 e. The molecule has 0 amide bonds. The van der Waals surface area contributed by atoms with Crippen molar-refractivity contribution in [1.29, 1.82) is 0 Å². The minimum atomic E-state index is -3.79. The number of hydrogen-bond acceptors (Lipinski definition) is 20. The number of aliphatic hydroxyl groups is 1. The van der Waals surface area contributed by atoms with Gasteiger partial charge in [-0.3, -0.25) is 37.8 Å². The van der Waals surface area contributed by atoms with E-state index >= 15 is 0 Å². The molecule has 2 aromatic heterocycles. The number of H-pyrrole nitrogens is 2. The smallest absolute Gasteiger partial charge is 0.331 e. The van der Waals surface area contributed by atoms with E-state index in [1.807, 2.05) is 32.4 Å². The lowest BCUT2D eigenvalue weighted by Crippen LogP contribution is -2.42. The Balaban J connectivity index is 0.000000447. The molecule has 32 heteroatoms. The van der Waals surface area contributed by atoms with Gasteiger partial charge in [0.25, 0.3) is 19.6 Å². The molecule has 2 fully saturated rings. The Morgan fingerprint density at radius 1 is 0.605 bits per heavy atom. The molecule has 1 unspecified atom stereocenters. The van der Waals surface area contributed by atoms with Crippen LogP contribution in [0.15, 0.2) is 31.6 Å². The van der Waals surface area contributed by atoms with Gasteiger partial charge in [0.05, 0.1) is 51.0 Å². The van der Waals surface area contributed by atoms with Gasteiger partial charge < -0.3 is 84.9 Å². The number of methoxy groups -OCH3 is 2. The second-order valence-corrected chi connectivity index (χ2v) is 24.2. The summed E-state index contributed by atoms with van der Waals surface area (Å²) in [7, 11) is -6.27. The van der Waals surface area contributed by atoms with Crippen molar-refractivity contribution in [2.45, 2.75) is 116 Å². The number of ether oxygens (including phenoxy) is 6. The fourth-order valence-corrected chi connectivity index (χ4v) is 13.1. The fraction of sp³-hybridized carbons (Fsp3) is 0.735. The summed E-state index contributed by atoms with van der Waals surface area (Å²) in [6.07, 6.45) is -5.47. The SMILES string of the molecule is [C-]#[N+]CCOP(=O)(CC[C@H]1O[C@@H](n2cc(C)c(=O)[nH]c2=O)[C@H](OCCOC)[C@@H]1O)OCC[N+]#[C-].[C-]#[N+]CCOP(O[C@H]1[C@@H](OCCOC)[C@H](n2cc(C)c(=O)[nH]c2=O)O[C@@H]1CCP(=O)(OCC[N+]#[C-])OCC[N+]#[C-])N(C(C)C)C(C)C. The molecule has 2 aliphatic heterocycles. The third-order valence-corrected chi connectivity index (χ3v) is 17.9. The number of aromatic nitrogens is 4. The van der Waals surface area contributed by atoms with Crippen LogP contribution in [0.3, 0.4) is 0 Å². The third kappa shape index (κ3) is 22.3. The Labute approximate surface area is 472 Å². The molecule has 0 aliphatic carbocycles. The Morgan fingerprint density at radius 3 is 1.40 bits per heavy atom. The number of nitrogens with one attached hydrogen (secondary N) is 2. The predicted octanol–water partition coefficient (Wildman–Crippen LogP) is 4.49. The van der Waals surface area contributed by atoms with Crippen LogP contribution in [0.5, 0.6) is 0 Å². The first kappa shape index (κ1) is 70.4. The van der Waals surface area contributed by atoms with Gasteiger partial charge in [0.15, 0.2) is 12.5 Å². The van der Waals surface area contributed by atoms with E-state index in [4.69, 9.17) is 88.4 Å². The van der Waals surface area contributed by atoms with Gasteiger partial charge in [-0.05, 0) is 54.4 Å². The van der Waals surface area contributed by atoms with E-state index in [0.29, 0.717) is 0 Å². The van der Waals surface area contributed by atoms with Crippen molar-refractivity contribution >= 4 is 23.7 Å². The first-order valence-electron chi connectivity index (χ1n) is 25.8. The molecular formula is C49H75N10O19P3. The minimum Gasteiger partial charge on any atom is -0.388 e. The van der Waals surface area contributed by atoms with Gasteiger partial charge in [0.1, 0.15) is 57.5 Å². The number of nitrogens with zero attached hydrogens (tertiary/aromatic N) is 8. The van der Waals surface area contributed by atoms with Crippen molar-refractivity contribution in [2.24, 2.45) is 0 Å². The lowest BCUT2D eigenvalue weighted by molar-refractivity contribution is -0.0798. The van der Waals surface area contributed by atoms with Crippen molar-refractivity contribution < 1.29 is 69.8 Å². The highest BCUT2D eigenvalue weighted by molar-refractivity contribution is 7.54. The maximum atomic E-state index is 13.7. The summed E-state index contributed by atoms with van der Waals surface area (Å²) < 4.78 is 100. The van der Waals surface area contributed by atoms with E-state index in [-0.39, 0.29) is 141 Å². The molecule has 450 valence electrons. The van der Waals surface area contributed by atoms with Gasteiger partial charge in [-0.2, -0.15) is 0 Å². The molecule has 2 saturated heterocycles. The molecule has 29 nitrogen and oxygen atoms in total. The van der Waals surface area contributed by atoms with Gasteiger partial charge >= 0.3 is 26.6 Å². The molecule has 4 heterocycles. The van der Waals surface area contributed by atoms with Crippen molar-refractivity contribution in [3.05, 3.63) is 122 Å². The molecule has 0 aromatic carbocycles. The van der Waals surface area contributed by atoms with E-state index in [1.54, 1.807) is 6.92 Å². The predicted molar refractivity (Wildman–Crippen MR) is 294 cm³/mol. The Kier molecular flexibility index (Phi) is 31.9. The van der Waals surface area contributed by atoms with Crippen LogP contribution in [0, 0.1) is 46.7 Å². The van der Waals surface area contributed by atoms with E-state index < -0.39 is 95.3 Å². The van der Waals surface area contributed by atoms with E-state index in [9.17, 15) is 33.4 Å². The summed E-state index contributed by atoms with van der Waals surface area (Å²) >= 11 is 0. The summed E-state index contributed by atoms with van der Waals surface area (Å²) in [6, 6.07) is -0.0373.